The van der Waals surface area contributed by atoms with Crippen LogP contribution in [0.1, 0.15) is 55.5 Å². The van der Waals surface area contributed by atoms with E-state index < -0.39 is 5.54 Å². The van der Waals surface area contributed by atoms with Crippen LogP contribution < -0.4 is 15.8 Å². The van der Waals surface area contributed by atoms with E-state index in [-0.39, 0.29) is 19.3 Å². The Morgan fingerprint density at radius 2 is 1.82 bits per heavy atom. The van der Waals surface area contributed by atoms with Crippen LogP contribution in [0.3, 0.4) is 0 Å². The lowest BCUT2D eigenvalue weighted by Crippen LogP contribution is -2.51. The smallest absolute Gasteiger partial charge is 0.255 e. The first-order valence-electron chi connectivity index (χ1n) is 11.5. The number of amides is 1. The van der Waals surface area contributed by atoms with E-state index >= 15 is 0 Å². The number of hydrogen-bond donors (Lipinski definition) is 3. The molecule has 0 aromatic heterocycles. The second kappa shape index (κ2) is 11.7. The van der Waals surface area contributed by atoms with Crippen molar-refractivity contribution >= 4 is 22.4 Å². The highest BCUT2D eigenvalue weighted by atomic mass is 16.6. The van der Waals surface area contributed by atoms with Gasteiger partial charge in [0.2, 0.25) is 0 Å². The number of nitrogens with two attached hydrogens (primary N) is 1. The lowest BCUT2D eigenvalue weighted by atomic mass is 9.89. The van der Waals surface area contributed by atoms with Crippen LogP contribution in [0.5, 0.6) is 5.75 Å². The number of aliphatic hydroxyl groups excluding tert-OH is 1. The molecule has 3 aromatic rings. The summed E-state index contributed by atoms with van der Waals surface area (Å²) in [7, 11) is 0. The second-order valence-electron chi connectivity index (χ2n) is 8.36. The van der Waals surface area contributed by atoms with E-state index in [4.69, 9.17) is 15.2 Å². The molecular formula is C27H34N2O4. The summed E-state index contributed by atoms with van der Waals surface area (Å²) in [6.07, 6.45) is 3.40. The molecule has 1 unspecified atom stereocenters. The van der Waals surface area contributed by atoms with E-state index in [2.05, 4.69) is 12.2 Å². The summed E-state index contributed by atoms with van der Waals surface area (Å²) in [5, 5.41) is 14.3. The Morgan fingerprint density at radius 3 is 2.52 bits per heavy atom. The van der Waals surface area contributed by atoms with Gasteiger partial charge in [-0.1, -0.05) is 69.2 Å². The van der Waals surface area contributed by atoms with Gasteiger partial charge >= 0.3 is 0 Å². The van der Waals surface area contributed by atoms with Gasteiger partial charge in [0.15, 0.2) is 0 Å². The highest BCUT2D eigenvalue weighted by Gasteiger charge is 2.31. The fraction of sp³-hybridized carbons (Fsp3) is 0.370. The summed E-state index contributed by atoms with van der Waals surface area (Å²) in [4.78, 5) is 13.5. The zero-order valence-corrected chi connectivity index (χ0v) is 19.5. The first-order chi connectivity index (χ1) is 16.0. The quantitative estimate of drug-likeness (QED) is 0.266. The van der Waals surface area contributed by atoms with Crippen molar-refractivity contribution in [3.05, 3.63) is 71.8 Å². The minimum atomic E-state index is -0.560. The number of fused-ring (bicyclic) bond motifs is 1. The number of hydrogen-bond acceptors (Lipinski definition) is 5. The third-order valence-corrected chi connectivity index (χ3v) is 6.02. The van der Waals surface area contributed by atoms with Crippen molar-refractivity contribution in [3.63, 3.8) is 0 Å². The fourth-order valence-electron chi connectivity index (χ4n) is 3.95. The second-order valence-corrected chi connectivity index (χ2v) is 8.36. The van der Waals surface area contributed by atoms with Gasteiger partial charge in [-0.05, 0) is 42.0 Å². The molecule has 3 aromatic carbocycles. The predicted molar refractivity (Wildman–Crippen MR) is 132 cm³/mol. The average Bonchev–Trinajstić information content (AvgIpc) is 2.85. The lowest BCUT2D eigenvalue weighted by Gasteiger charge is -2.34. The van der Waals surface area contributed by atoms with Gasteiger partial charge in [0.25, 0.3) is 5.91 Å². The van der Waals surface area contributed by atoms with Gasteiger partial charge in [0.05, 0.1) is 17.7 Å². The number of carbonyl (C=O) groups is 1. The largest absolute Gasteiger partial charge is 0.487 e. The Kier molecular flexibility index (Phi) is 8.69. The summed E-state index contributed by atoms with van der Waals surface area (Å²) in [5.41, 5.74) is 7.36. The number of carbonyl (C=O) groups excluding carboxylic acids is 1. The van der Waals surface area contributed by atoms with Crippen molar-refractivity contribution in [2.24, 2.45) is 0 Å². The van der Waals surface area contributed by atoms with Crippen LogP contribution in [0, 0.1) is 0 Å². The maximum atomic E-state index is 13.5. The monoisotopic (exact) mass is 450 g/mol. The minimum Gasteiger partial charge on any atom is -0.487 e. The van der Waals surface area contributed by atoms with Crippen LogP contribution in [0.25, 0.3) is 10.8 Å². The van der Waals surface area contributed by atoms with E-state index in [1.165, 1.54) is 0 Å². The van der Waals surface area contributed by atoms with E-state index in [9.17, 15) is 9.90 Å². The molecule has 4 N–H and O–H groups in total. The molecular weight excluding hydrogens is 416 g/mol. The Morgan fingerprint density at radius 1 is 1.06 bits per heavy atom. The summed E-state index contributed by atoms with van der Waals surface area (Å²) < 4.78 is 11.6. The van der Waals surface area contributed by atoms with E-state index in [0.717, 1.165) is 35.6 Å². The van der Waals surface area contributed by atoms with Crippen molar-refractivity contribution in [1.82, 2.24) is 5.32 Å². The zero-order chi connectivity index (χ0) is 23.7. The normalized spacial score (nSPS) is 12.9. The molecule has 0 heterocycles. The van der Waals surface area contributed by atoms with Crippen molar-refractivity contribution in [2.45, 2.75) is 51.7 Å². The Labute approximate surface area is 195 Å². The molecule has 3 rings (SSSR count). The maximum absolute atomic E-state index is 13.5. The molecule has 0 saturated heterocycles. The van der Waals surface area contributed by atoms with Gasteiger partial charge < -0.3 is 25.6 Å². The van der Waals surface area contributed by atoms with Crippen LogP contribution in [0.15, 0.2) is 60.7 Å². The summed E-state index contributed by atoms with van der Waals surface area (Å²) in [6.45, 7) is 4.32. The Hall–Kier alpha value is -3.09. The standard InChI is InChI=1S/C27H34N2O4/c1-3-5-16-27(4-2,18-32-19-30)29-26(31)24-15-12-21-8-6-7-9-23(21)25(24)33-17-20-10-13-22(28)14-11-20/h6-15,30H,3-5,16-19,28H2,1-2H3,(H,29,31). The van der Waals surface area contributed by atoms with Gasteiger partial charge in [0.1, 0.15) is 19.1 Å². The highest BCUT2D eigenvalue weighted by Crippen LogP contribution is 2.32. The molecule has 0 bridgehead atoms. The van der Waals surface area contributed by atoms with Gasteiger partial charge in [-0.15, -0.1) is 0 Å². The van der Waals surface area contributed by atoms with Gasteiger partial charge in [-0.3, -0.25) is 4.79 Å². The van der Waals surface area contributed by atoms with Crippen molar-refractivity contribution in [1.29, 1.82) is 0 Å². The first kappa shape index (κ1) is 24.6. The molecule has 0 spiro atoms. The molecule has 0 aliphatic rings. The predicted octanol–water partition coefficient (Wildman–Crippen LogP) is 5.04. The van der Waals surface area contributed by atoms with Crippen molar-refractivity contribution in [3.8, 4) is 5.75 Å². The topological polar surface area (TPSA) is 93.8 Å². The molecule has 6 heteroatoms. The lowest BCUT2D eigenvalue weighted by molar-refractivity contribution is -0.0325. The van der Waals surface area contributed by atoms with E-state index in [1.807, 2.05) is 67.6 Å². The first-order valence-corrected chi connectivity index (χ1v) is 11.5. The van der Waals surface area contributed by atoms with Crippen molar-refractivity contribution < 1.29 is 19.4 Å². The number of nitrogens with one attached hydrogen (secondary N) is 1. The number of benzene rings is 3. The fourth-order valence-corrected chi connectivity index (χ4v) is 3.95. The number of ether oxygens (including phenoxy) is 2. The van der Waals surface area contributed by atoms with E-state index in [0.29, 0.717) is 30.0 Å². The van der Waals surface area contributed by atoms with E-state index in [1.54, 1.807) is 0 Å². The molecule has 0 aliphatic heterocycles. The number of aliphatic hydroxyl groups is 1. The van der Waals surface area contributed by atoms with Gasteiger partial charge in [0, 0.05) is 11.1 Å². The molecule has 1 amide bonds. The Balaban J connectivity index is 1.93. The van der Waals surface area contributed by atoms with Crippen LogP contribution in [0.2, 0.25) is 0 Å². The van der Waals surface area contributed by atoms with Crippen LogP contribution in [0.4, 0.5) is 5.69 Å². The third-order valence-electron chi connectivity index (χ3n) is 6.02. The molecule has 33 heavy (non-hydrogen) atoms. The van der Waals surface area contributed by atoms with Gasteiger partial charge in [-0.2, -0.15) is 0 Å². The number of nitrogen functional groups attached to an aromatic ring is 1. The third kappa shape index (κ3) is 6.24. The summed E-state index contributed by atoms with van der Waals surface area (Å²) >= 11 is 0. The van der Waals surface area contributed by atoms with Crippen LogP contribution in [-0.2, 0) is 11.3 Å². The number of unbranched alkanes of at least 4 members (excludes halogenated alkanes) is 1. The summed E-state index contributed by atoms with van der Waals surface area (Å²) in [6, 6.07) is 19.1. The molecule has 0 fully saturated rings. The highest BCUT2D eigenvalue weighted by molar-refractivity contribution is 6.04. The molecule has 6 nitrogen and oxygen atoms in total. The molecule has 1 atom stereocenters. The van der Waals surface area contributed by atoms with Crippen LogP contribution in [-0.4, -0.2) is 30.0 Å². The molecule has 0 aliphatic carbocycles. The molecule has 0 saturated carbocycles. The number of anilines is 1. The molecule has 176 valence electrons. The SMILES string of the molecule is CCCCC(CC)(COCO)NC(=O)c1ccc2ccccc2c1OCc1ccc(N)cc1. The Bertz CT molecular complexity index is 1040. The van der Waals surface area contributed by atoms with Crippen molar-refractivity contribution in [2.75, 3.05) is 19.1 Å². The van der Waals surface area contributed by atoms with Gasteiger partial charge in [-0.25, -0.2) is 0 Å². The average molecular weight is 451 g/mol. The summed E-state index contributed by atoms with van der Waals surface area (Å²) in [5.74, 6) is 0.332. The zero-order valence-electron chi connectivity index (χ0n) is 19.5. The maximum Gasteiger partial charge on any atom is 0.255 e. The molecule has 0 radical (unpaired) electrons. The van der Waals surface area contributed by atoms with Crippen LogP contribution >= 0.6 is 0 Å². The minimum absolute atomic E-state index is 0.215. The number of rotatable bonds is 12.